The van der Waals surface area contributed by atoms with Crippen LogP contribution in [0.2, 0.25) is 0 Å². The van der Waals surface area contributed by atoms with E-state index in [1.807, 2.05) is 0 Å². The molecule has 7 heteroatoms. The number of ether oxygens (including phenoxy) is 2. The van der Waals surface area contributed by atoms with Crippen molar-refractivity contribution in [3.05, 3.63) is 25.3 Å². The van der Waals surface area contributed by atoms with E-state index < -0.39 is 24.6 Å². The predicted molar refractivity (Wildman–Crippen MR) is 71.7 cm³/mol. The number of aliphatic hydroxyl groups is 3. The van der Waals surface area contributed by atoms with Crippen molar-refractivity contribution in [2.24, 2.45) is 0 Å². The minimum atomic E-state index is -0.871. The Morgan fingerprint density at radius 2 is 1.75 bits per heavy atom. The zero-order valence-corrected chi connectivity index (χ0v) is 11.5. The molecule has 0 aliphatic heterocycles. The third-order valence-corrected chi connectivity index (χ3v) is 1.78. The van der Waals surface area contributed by atoms with Crippen molar-refractivity contribution >= 4 is 11.9 Å². The lowest BCUT2D eigenvalue weighted by molar-refractivity contribution is -0.154. The quantitative estimate of drug-likeness (QED) is 0.410. The Kier molecular flexibility index (Phi) is 14.1. The van der Waals surface area contributed by atoms with E-state index >= 15 is 0 Å². The number of hydrogen-bond donors (Lipinski definition) is 3. The minimum absolute atomic E-state index is 0.0810. The van der Waals surface area contributed by atoms with E-state index in [0.717, 1.165) is 12.2 Å². The second-order valence-corrected chi connectivity index (χ2v) is 3.64. The van der Waals surface area contributed by atoms with Gasteiger partial charge < -0.3 is 24.8 Å². The largest absolute Gasteiger partial charge is 0.458 e. The molecular weight excluding hydrogens is 268 g/mol. The minimum Gasteiger partial charge on any atom is -0.458 e. The number of esters is 2. The maximum absolute atomic E-state index is 10.7. The Hall–Kier alpha value is -1.70. The van der Waals surface area contributed by atoms with Gasteiger partial charge in [-0.1, -0.05) is 13.2 Å². The van der Waals surface area contributed by atoms with Gasteiger partial charge in [0.25, 0.3) is 0 Å². The van der Waals surface area contributed by atoms with Gasteiger partial charge in [0.1, 0.15) is 6.61 Å². The van der Waals surface area contributed by atoms with E-state index in [1.165, 1.54) is 0 Å². The van der Waals surface area contributed by atoms with Crippen LogP contribution in [0, 0.1) is 0 Å². The summed E-state index contributed by atoms with van der Waals surface area (Å²) < 4.78 is 9.19. The molecule has 2 atom stereocenters. The summed E-state index contributed by atoms with van der Waals surface area (Å²) in [6, 6.07) is 0. The fraction of sp³-hybridized carbons (Fsp3) is 0.538. The van der Waals surface area contributed by atoms with Crippen LogP contribution in [0.5, 0.6) is 0 Å². The third-order valence-electron chi connectivity index (χ3n) is 1.78. The molecule has 0 fully saturated rings. The lowest BCUT2D eigenvalue weighted by Crippen LogP contribution is -2.27. The molecule has 116 valence electrons. The van der Waals surface area contributed by atoms with Crippen molar-refractivity contribution in [1.29, 1.82) is 0 Å². The molecule has 0 aromatic carbocycles. The molecular formula is C13H22O7. The van der Waals surface area contributed by atoms with Gasteiger partial charge >= 0.3 is 11.9 Å². The van der Waals surface area contributed by atoms with Gasteiger partial charge in [-0.2, -0.15) is 0 Å². The van der Waals surface area contributed by atoms with Gasteiger partial charge in [0.15, 0.2) is 6.10 Å². The van der Waals surface area contributed by atoms with E-state index in [0.29, 0.717) is 6.42 Å². The molecule has 0 saturated heterocycles. The summed E-state index contributed by atoms with van der Waals surface area (Å²) in [5, 5.41) is 25.2. The van der Waals surface area contributed by atoms with Crippen molar-refractivity contribution in [3.63, 3.8) is 0 Å². The number of carbonyl (C=O) groups is 2. The van der Waals surface area contributed by atoms with Gasteiger partial charge in [0.2, 0.25) is 0 Å². The molecule has 20 heavy (non-hydrogen) atoms. The van der Waals surface area contributed by atoms with Crippen LogP contribution in [0.25, 0.3) is 0 Å². The molecule has 0 aromatic rings. The average Bonchev–Trinajstić information content (AvgIpc) is 2.43. The van der Waals surface area contributed by atoms with Crippen LogP contribution in [-0.4, -0.2) is 59.3 Å². The molecule has 3 N–H and O–H groups in total. The van der Waals surface area contributed by atoms with Gasteiger partial charge in [-0.25, -0.2) is 9.59 Å². The maximum atomic E-state index is 10.7. The van der Waals surface area contributed by atoms with E-state index in [4.69, 9.17) is 15.3 Å². The topological polar surface area (TPSA) is 113 Å². The highest BCUT2D eigenvalue weighted by Crippen LogP contribution is 1.95. The molecule has 0 aliphatic rings. The number of hydrogen-bond acceptors (Lipinski definition) is 7. The molecule has 0 heterocycles. The molecule has 7 nitrogen and oxygen atoms in total. The third kappa shape index (κ3) is 14.4. The number of carbonyl (C=O) groups excluding carboxylic acids is 2. The van der Waals surface area contributed by atoms with Crippen molar-refractivity contribution in [2.75, 3.05) is 19.8 Å². The van der Waals surface area contributed by atoms with Crippen LogP contribution < -0.4 is 0 Å². The van der Waals surface area contributed by atoms with Crippen LogP contribution in [0.4, 0.5) is 0 Å². The molecule has 0 radical (unpaired) electrons. The summed E-state index contributed by atoms with van der Waals surface area (Å²) in [6.07, 6.45) is 1.20. The Labute approximate surface area is 118 Å². The summed E-state index contributed by atoms with van der Waals surface area (Å²) in [5.41, 5.74) is 0. The maximum Gasteiger partial charge on any atom is 0.330 e. The van der Waals surface area contributed by atoms with Crippen molar-refractivity contribution in [1.82, 2.24) is 0 Å². The second kappa shape index (κ2) is 13.7. The van der Waals surface area contributed by atoms with E-state index in [-0.39, 0.29) is 19.3 Å². The van der Waals surface area contributed by atoms with E-state index in [2.05, 4.69) is 22.6 Å². The summed E-state index contributed by atoms with van der Waals surface area (Å²) in [4.78, 5) is 21.3. The zero-order valence-electron chi connectivity index (χ0n) is 11.5. The van der Waals surface area contributed by atoms with Crippen LogP contribution in [0.1, 0.15) is 13.3 Å². The van der Waals surface area contributed by atoms with Gasteiger partial charge in [0.05, 0.1) is 12.7 Å². The molecule has 0 amide bonds. The van der Waals surface area contributed by atoms with Gasteiger partial charge in [0, 0.05) is 18.8 Å². The number of rotatable bonds is 8. The Morgan fingerprint density at radius 3 is 2.05 bits per heavy atom. The lowest BCUT2D eigenvalue weighted by atomic mass is 10.3. The van der Waals surface area contributed by atoms with Crippen LogP contribution in [-0.2, 0) is 19.1 Å². The molecule has 0 rings (SSSR count). The van der Waals surface area contributed by atoms with Gasteiger partial charge in [-0.3, -0.25) is 0 Å². The monoisotopic (exact) mass is 290 g/mol. The number of aliphatic hydroxyl groups excluding tert-OH is 3. The first-order valence-corrected chi connectivity index (χ1v) is 5.93. The standard InChI is InChI=1S/C9H12O5.C4H10O2/c1-3-8(11)13-6-7(5-10)14-9(12)4-2;1-4(6)2-3-5/h3-4,7,10H,1-2,5-6H2;4-6H,2-3H2,1H3. The molecule has 0 aromatic heterocycles. The van der Waals surface area contributed by atoms with Crippen molar-refractivity contribution in [3.8, 4) is 0 Å². The zero-order chi connectivity index (χ0) is 16.0. The molecule has 0 aliphatic carbocycles. The normalized spacial score (nSPS) is 12.2. The average molecular weight is 290 g/mol. The SMILES string of the molecule is C=CC(=O)OCC(CO)OC(=O)C=C.CC(O)CCO. The molecule has 0 spiro atoms. The van der Waals surface area contributed by atoms with Crippen molar-refractivity contribution in [2.45, 2.75) is 25.6 Å². The summed E-state index contributed by atoms with van der Waals surface area (Å²) >= 11 is 0. The summed E-state index contributed by atoms with van der Waals surface area (Å²) in [5.74, 6) is -1.32. The first-order valence-electron chi connectivity index (χ1n) is 5.93. The van der Waals surface area contributed by atoms with E-state index in [1.54, 1.807) is 6.92 Å². The molecule has 2 unspecified atom stereocenters. The van der Waals surface area contributed by atoms with Gasteiger partial charge in [-0.05, 0) is 13.3 Å². The van der Waals surface area contributed by atoms with Crippen LogP contribution in [0.15, 0.2) is 25.3 Å². The first-order chi connectivity index (χ1) is 9.40. The highest BCUT2D eigenvalue weighted by Gasteiger charge is 2.13. The smallest absolute Gasteiger partial charge is 0.330 e. The van der Waals surface area contributed by atoms with Crippen molar-refractivity contribution < 1.29 is 34.4 Å². The first kappa shape index (κ1) is 20.6. The highest BCUT2D eigenvalue weighted by molar-refractivity contribution is 5.82. The molecule has 0 bridgehead atoms. The predicted octanol–water partition coefficient (Wildman–Crippen LogP) is -0.445. The Balaban J connectivity index is 0. The van der Waals surface area contributed by atoms with Gasteiger partial charge in [-0.15, -0.1) is 0 Å². The van der Waals surface area contributed by atoms with Crippen LogP contribution >= 0.6 is 0 Å². The van der Waals surface area contributed by atoms with Crippen LogP contribution in [0.3, 0.4) is 0 Å². The Bertz CT molecular complexity index is 299. The second-order valence-electron chi connectivity index (χ2n) is 3.64. The molecule has 0 saturated carbocycles. The summed E-state index contributed by atoms with van der Waals surface area (Å²) in [7, 11) is 0. The highest BCUT2D eigenvalue weighted by atomic mass is 16.6. The Morgan fingerprint density at radius 1 is 1.20 bits per heavy atom. The fourth-order valence-electron chi connectivity index (χ4n) is 0.757. The fourth-order valence-corrected chi connectivity index (χ4v) is 0.757. The van der Waals surface area contributed by atoms with E-state index in [9.17, 15) is 9.59 Å². The lowest BCUT2D eigenvalue weighted by Gasteiger charge is -2.13. The summed E-state index contributed by atoms with van der Waals surface area (Å²) in [6.45, 7) is 7.46.